The van der Waals surface area contributed by atoms with E-state index in [0.29, 0.717) is 6.61 Å². The lowest BCUT2D eigenvalue weighted by Gasteiger charge is -2.13. The van der Waals surface area contributed by atoms with Gasteiger partial charge in [0.1, 0.15) is 0 Å². The molecular formula is C7H18NO3P. The number of nitrogens with zero attached hydrogens (tertiary/aromatic N) is 1. The lowest BCUT2D eigenvalue weighted by molar-refractivity contribution is 0.197. The van der Waals surface area contributed by atoms with Gasteiger partial charge < -0.3 is 18.5 Å². The smallest absolute Gasteiger partial charge is 0.316 e. The van der Waals surface area contributed by atoms with Crippen LogP contribution in [0.4, 0.5) is 0 Å². The largest absolute Gasteiger partial charge is 0.332 e. The van der Waals surface area contributed by atoms with E-state index in [-0.39, 0.29) is 0 Å². The fourth-order valence-corrected chi connectivity index (χ4v) is 1.34. The van der Waals surface area contributed by atoms with E-state index in [1.54, 1.807) is 14.2 Å². The van der Waals surface area contributed by atoms with Crippen molar-refractivity contribution in [1.29, 1.82) is 0 Å². The lowest BCUT2D eigenvalue weighted by atomic mass is 10.4. The first-order valence-electron chi connectivity index (χ1n) is 3.86. The van der Waals surface area contributed by atoms with E-state index >= 15 is 0 Å². The molecule has 0 amide bonds. The van der Waals surface area contributed by atoms with Crippen LogP contribution in [0.3, 0.4) is 0 Å². The van der Waals surface area contributed by atoms with E-state index in [1.807, 2.05) is 14.1 Å². The van der Waals surface area contributed by atoms with Gasteiger partial charge in [-0.15, -0.1) is 0 Å². The Labute approximate surface area is 75.8 Å². The molecule has 12 heavy (non-hydrogen) atoms. The SMILES string of the molecule is COP(OC)OCCCN(C)C. The predicted octanol–water partition coefficient (Wildman–Crippen LogP) is 1.47. The maximum atomic E-state index is 5.28. The summed E-state index contributed by atoms with van der Waals surface area (Å²) in [6.07, 6.45) is 0.999. The van der Waals surface area contributed by atoms with Crippen molar-refractivity contribution < 1.29 is 13.6 Å². The van der Waals surface area contributed by atoms with Crippen molar-refractivity contribution in [2.75, 3.05) is 41.5 Å². The van der Waals surface area contributed by atoms with Crippen LogP contribution in [0.1, 0.15) is 6.42 Å². The molecule has 0 fully saturated rings. The van der Waals surface area contributed by atoms with Gasteiger partial charge in [0.05, 0.1) is 6.61 Å². The molecule has 0 aliphatic carbocycles. The molecule has 0 saturated heterocycles. The second-order valence-electron chi connectivity index (χ2n) is 2.58. The molecule has 0 saturated carbocycles. The molecule has 74 valence electrons. The lowest BCUT2D eigenvalue weighted by Crippen LogP contribution is -2.14. The van der Waals surface area contributed by atoms with Gasteiger partial charge in [-0.3, -0.25) is 0 Å². The first-order valence-corrected chi connectivity index (χ1v) is 4.96. The highest BCUT2D eigenvalue weighted by Gasteiger charge is 2.05. The summed E-state index contributed by atoms with van der Waals surface area (Å²) in [6.45, 7) is 1.71. The molecule has 4 nitrogen and oxygen atoms in total. The van der Waals surface area contributed by atoms with Gasteiger partial charge >= 0.3 is 8.60 Å². The van der Waals surface area contributed by atoms with E-state index in [4.69, 9.17) is 13.6 Å². The van der Waals surface area contributed by atoms with Crippen LogP contribution < -0.4 is 0 Å². The molecular weight excluding hydrogens is 177 g/mol. The normalized spacial score (nSPS) is 11.5. The van der Waals surface area contributed by atoms with Crippen LogP contribution in [0.25, 0.3) is 0 Å². The third-order valence-corrected chi connectivity index (χ3v) is 2.23. The van der Waals surface area contributed by atoms with Crippen LogP contribution in [0.2, 0.25) is 0 Å². The van der Waals surface area contributed by atoms with E-state index in [9.17, 15) is 0 Å². The van der Waals surface area contributed by atoms with Crippen molar-refractivity contribution in [3.63, 3.8) is 0 Å². The summed E-state index contributed by atoms with van der Waals surface area (Å²) in [5, 5.41) is 0. The Kier molecular flexibility index (Phi) is 8.07. The van der Waals surface area contributed by atoms with Crippen LogP contribution in [-0.2, 0) is 13.6 Å². The van der Waals surface area contributed by atoms with Gasteiger partial charge in [-0.25, -0.2) is 0 Å². The molecule has 0 aliphatic heterocycles. The average Bonchev–Trinajstić information content (AvgIpc) is 2.04. The summed E-state index contributed by atoms with van der Waals surface area (Å²) < 4.78 is 15.1. The van der Waals surface area contributed by atoms with Crippen molar-refractivity contribution in [3.05, 3.63) is 0 Å². The number of hydrogen-bond acceptors (Lipinski definition) is 4. The zero-order valence-corrected chi connectivity index (χ0v) is 9.13. The second-order valence-corrected chi connectivity index (χ2v) is 4.01. The standard InChI is InChI=1S/C7H18NO3P/c1-8(2)6-5-7-11-12(9-3)10-4/h5-7H2,1-4H3. The molecule has 0 N–H and O–H groups in total. The molecule has 0 aliphatic rings. The maximum Gasteiger partial charge on any atom is 0.332 e. The summed E-state index contributed by atoms with van der Waals surface area (Å²) in [4.78, 5) is 2.12. The minimum Gasteiger partial charge on any atom is -0.316 e. The van der Waals surface area contributed by atoms with Crippen LogP contribution in [-0.4, -0.2) is 46.4 Å². The average molecular weight is 195 g/mol. The highest BCUT2D eigenvalue weighted by atomic mass is 31.2. The monoisotopic (exact) mass is 195 g/mol. The predicted molar refractivity (Wildman–Crippen MR) is 50.1 cm³/mol. The molecule has 0 aromatic rings. The Morgan fingerprint density at radius 3 is 2.17 bits per heavy atom. The molecule has 0 aromatic carbocycles. The Morgan fingerprint density at radius 1 is 1.17 bits per heavy atom. The Hall–Kier alpha value is 0.270. The third-order valence-electron chi connectivity index (χ3n) is 1.24. The quantitative estimate of drug-likeness (QED) is 0.454. The third kappa shape index (κ3) is 6.95. The van der Waals surface area contributed by atoms with E-state index < -0.39 is 8.60 Å². The maximum absolute atomic E-state index is 5.28. The highest BCUT2D eigenvalue weighted by molar-refractivity contribution is 7.41. The summed E-state index contributed by atoms with van der Waals surface area (Å²) in [5.74, 6) is 0. The van der Waals surface area contributed by atoms with Crippen molar-refractivity contribution in [1.82, 2.24) is 4.90 Å². The minimum atomic E-state index is -1.11. The van der Waals surface area contributed by atoms with Crippen LogP contribution >= 0.6 is 8.60 Å². The zero-order chi connectivity index (χ0) is 9.40. The topological polar surface area (TPSA) is 30.9 Å². The first-order chi connectivity index (χ1) is 5.70. The van der Waals surface area contributed by atoms with Crippen molar-refractivity contribution in [2.24, 2.45) is 0 Å². The summed E-state index contributed by atoms with van der Waals surface area (Å²) in [6, 6.07) is 0. The van der Waals surface area contributed by atoms with E-state index in [1.165, 1.54) is 0 Å². The summed E-state index contributed by atoms with van der Waals surface area (Å²) >= 11 is 0. The van der Waals surface area contributed by atoms with Gasteiger partial charge in [0, 0.05) is 14.2 Å². The molecule has 0 atom stereocenters. The molecule has 0 rings (SSSR count). The Bertz CT molecular complexity index is 98.7. The fourth-order valence-electron chi connectivity index (χ4n) is 0.700. The number of rotatable bonds is 7. The molecule has 0 radical (unpaired) electrons. The molecule has 5 heteroatoms. The first kappa shape index (κ1) is 12.3. The fraction of sp³-hybridized carbons (Fsp3) is 1.00. The highest BCUT2D eigenvalue weighted by Crippen LogP contribution is 2.36. The zero-order valence-electron chi connectivity index (χ0n) is 8.24. The van der Waals surface area contributed by atoms with Gasteiger partial charge in [-0.05, 0) is 27.1 Å². The van der Waals surface area contributed by atoms with Crippen LogP contribution in [0.15, 0.2) is 0 Å². The van der Waals surface area contributed by atoms with E-state index in [2.05, 4.69) is 4.90 Å². The minimum absolute atomic E-state index is 0.686. The summed E-state index contributed by atoms with van der Waals surface area (Å²) in [5.41, 5.74) is 0. The van der Waals surface area contributed by atoms with Gasteiger partial charge in [0.2, 0.25) is 0 Å². The van der Waals surface area contributed by atoms with Gasteiger partial charge in [-0.1, -0.05) is 0 Å². The molecule has 0 spiro atoms. The van der Waals surface area contributed by atoms with E-state index in [0.717, 1.165) is 13.0 Å². The second kappa shape index (κ2) is 7.90. The van der Waals surface area contributed by atoms with Crippen molar-refractivity contribution >= 4 is 8.60 Å². The number of hydrogen-bond donors (Lipinski definition) is 0. The molecule has 0 unspecified atom stereocenters. The van der Waals surface area contributed by atoms with Crippen LogP contribution in [0.5, 0.6) is 0 Å². The summed E-state index contributed by atoms with van der Waals surface area (Å²) in [7, 11) is 6.14. The molecule has 0 aromatic heterocycles. The van der Waals surface area contributed by atoms with Crippen molar-refractivity contribution in [2.45, 2.75) is 6.42 Å². The van der Waals surface area contributed by atoms with Gasteiger partial charge in [-0.2, -0.15) is 0 Å². The Balaban J connectivity index is 3.17. The Morgan fingerprint density at radius 2 is 1.75 bits per heavy atom. The van der Waals surface area contributed by atoms with Gasteiger partial charge in [0.15, 0.2) is 0 Å². The van der Waals surface area contributed by atoms with Gasteiger partial charge in [0.25, 0.3) is 0 Å². The molecule has 0 heterocycles. The van der Waals surface area contributed by atoms with Crippen molar-refractivity contribution in [3.8, 4) is 0 Å². The van der Waals surface area contributed by atoms with Crippen LogP contribution in [0, 0.1) is 0 Å². The molecule has 0 bridgehead atoms.